The molecule has 1 heterocycles. The maximum atomic E-state index is 10.0. The molecule has 0 radical (unpaired) electrons. The molecule has 3 aromatic carbocycles. The minimum atomic E-state index is 0.0183. The van der Waals surface area contributed by atoms with Crippen LogP contribution in [0.5, 0.6) is 5.75 Å². The zero-order valence-corrected chi connectivity index (χ0v) is 16.5. The van der Waals surface area contributed by atoms with E-state index in [4.69, 9.17) is 11.6 Å². The number of thiazole rings is 1. The molecule has 0 aliphatic carbocycles. The quantitative estimate of drug-likeness (QED) is 0.352. The topological polar surface area (TPSA) is 45.5 Å². The van der Waals surface area contributed by atoms with Crippen LogP contribution >= 0.6 is 38.9 Å². The normalized spacial score (nSPS) is 11.5. The highest BCUT2D eigenvalue weighted by molar-refractivity contribution is 9.10. The molecule has 0 saturated heterocycles. The number of nitrogens with zero attached hydrogens (tertiary/aromatic N) is 2. The van der Waals surface area contributed by atoms with Crippen LogP contribution in [0.15, 0.2) is 70.1 Å². The lowest BCUT2D eigenvalue weighted by atomic mass is 10.2. The molecule has 0 fully saturated rings. The van der Waals surface area contributed by atoms with Gasteiger partial charge in [0.1, 0.15) is 10.8 Å². The average Bonchev–Trinajstić information content (AvgIpc) is 3.08. The van der Waals surface area contributed by atoms with Crippen LogP contribution in [0.1, 0.15) is 5.56 Å². The summed E-state index contributed by atoms with van der Waals surface area (Å²) < 4.78 is 1.96. The van der Waals surface area contributed by atoms with E-state index in [1.165, 1.54) is 4.70 Å². The van der Waals surface area contributed by atoms with E-state index in [1.54, 1.807) is 29.7 Å². The summed E-state index contributed by atoms with van der Waals surface area (Å²) in [6.07, 6.45) is 1.60. The predicted octanol–water partition coefficient (Wildman–Crippen LogP) is 6.84. The molecule has 0 bridgehead atoms. The van der Waals surface area contributed by atoms with E-state index in [-0.39, 0.29) is 10.8 Å². The number of hydrogen-bond donors (Lipinski definition) is 1. The predicted molar refractivity (Wildman–Crippen MR) is 113 cm³/mol. The van der Waals surface area contributed by atoms with Gasteiger partial charge < -0.3 is 5.11 Å². The van der Waals surface area contributed by atoms with Crippen molar-refractivity contribution >= 4 is 61.0 Å². The Morgan fingerprint density at radius 1 is 1.08 bits per heavy atom. The number of halogens is 2. The van der Waals surface area contributed by atoms with Gasteiger partial charge in [-0.2, -0.15) is 0 Å². The number of fused-ring (bicyclic) bond motifs is 1. The van der Waals surface area contributed by atoms with Gasteiger partial charge in [0.15, 0.2) is 0 Å². The fourth-order valence-corrected chi connectivity index (χ4v) is 4.32. The first kappa shape index (κ1) is 17.2. The van der Waals surface area contributed by atoms with Gasteiger partial charge in [0.25, 0.3) is 0 Å². The Labute approximate surface area is 167 Å². The van der Waals surface area contributed by atoms with Gasteiger partial charge in [-0.3, -0.25) is 4.99 Å². The minimum Gasteiger partial charge on any atom is -0.506 e. The van der Waals surface area contributed by atoms with Crippen LogP contribution in [0.2, 0.25) is 5.02 Å². The second kappa shape index (κ2) is 7.19. The van der Waals surface area contributed by atoms with Crippen molar-refractivity contribution in [2.45, 2.75) is 0 Å². The van der Waals surface area contributed by atoms with E-state index < -0.39 is 0 Å². The van der Waals surface area contributed by atoms with E-state index in [0.717, 1.165) is 26.2 Å². The molecule has 0 amide bonds. The average molecular weight is 444 g/mol. The molecular weight excluding hydrogens is 432 g/mol. The van der Waals surface area contributed by atoms with Crippen LogP contribution in [0.25, 0.3) is 20.8 Å². The number of para-hydroxylation sites is 1. The standard InChI is InChI=1S/C20H12BrClN2OS/c21-14-9-13(19(25)16(22)10-14)11-23-15-7-5-12(6-8-15)20-24-17-3-1-2-4-18(17)26-20/h1-11,25H. The Morgan fingerprint density at radius 3 is 2.62 bits per heavy atom. The number of aromatic hydroxyl groups is 1. The summed E-state index contributed by atoms with van der Waals surface area (Å²) in [6.45, 7) is 0. The SMILES string of the molecule is Oc1c(Cl)cc(Br)cc1C=Nc1ccc(-c2nc3ccccc3s2)cc1. The van der Waals surface area contributed by atoms with E-state index >= 15 is 0 Å². The summed E-state index contributed by atoms with van der Waals surface area (Å²) in [5.41, 5.74) is 3.40. The highest BCUT2D eigenvalue weighted by atomic mass is 79.9. The third-order valence-corrected chi connectivity index (χ3v) is 5.65. The number of aromatic nitrogens is 1. The lowest BCUT2D eigenvalue weighted by Gasteiger charge is -2.02. The summed E-state index contributed by atoms with van der Waals surface area (Å²) in [6, 6.07) is 19.4. The van der Waals surface area contributed by atoms with E-state index in [0.29, 0.717) is 5.56 Å². The Bertz CT molecular complexity index is 1090. The number of benzene rings is 3. The highest BCUT2D eigenvalue weighted by Gasteiger charge is 2.07. The maximum absolute atomic E-state index is 10.0. The Balaban J connectivity index is 1.60. The van der Waals surface area contributed by atoms with Crippen LogP contribution < -0.4 is 0 Å². The van der Waals surface area contributed by atoms with Crippen molar-refractivity contribution in [1.82, 2.24) is 4.98 Å². The Morgan fingerprint density at radius 2 is 1.85 bits per heavy atom. The Kier molecular flexibility index (Phi) is 4.76. The molecule has 0 saturated carbocycles. The highest BCUT2D eigenvalue weighted by Crippen LogP contribution is 2.32. The van der Waals surface area contributed by atoms with E-state index in [2.05, 4.69) is 32.0 Å². The van der Waals surface area contributed by atoms with Gasteiger partial charge in [-0.1, -0.05) is 39.7 Å². The van der Waals surface area contributed by atoms with Gasteiger partial charge in [-0.15, -0.1) is 11.3 Å². The first-order valence-corrected chi connectivity index (χ1v) is 9.77. The van der Waals surface area contributed by atoms with E-state index in [1.807, 2.05) is 42.5 Å². The third kappa shape index (κ3) is 3.51. The first-order chi connectivity index (χ1) is 12.6. The lowest BCUT2D eigenvalue weighted by Crippen LogP contribution is -1.84. The molecule has 0 unspecified atom stereocenters. The largest absolute Gasteiger partial charge is 0.506 e. The maximum Gasteiger partial charge on any atom is 0.143 e. The zero-order valence-electron chi connectivity index (χ0n) is 13.4. The van der Waals surface area contributed by atoms with E-state index in [9.17, 15) is 5.11 Å². The van der Waals surface area contributed by atoms with Gasteiger partial charge >= 0.3 is 0 Å². The molecule has 1 N–H and O–H groups in total. The van der Waals surface area contributed by atoms with Crippen LogP contribution in [0.4, 0.5) is 5.69 Å². The molecule has 3 nitrogen and oxygen atoms in total. The van der Waals surface area contributed by atoms with Crippen molar-refractivity contribution in [2.24, 2.45) is 4.99 Å². The lowest BCUT2D eigenvalue weighted by molar-refractivity contribution is 0.474. The summed E-state index contributed by atoms with van der Waals surface area (Å²) in [4.78, 5) is 9.08. The Hall–Kier alpha value is -2.21. The van der Waals surface area contributed by atoms with Gasteiger partial charge in [-0.25, -0.2) is 4.98 Å². The number of phenolic OH excluding ortho intramolecular Hbond substituents is 1. The summed E-state index contributed by atoms with van der Waals surface area (Å²) in [7, 11) is 0. The number of aliphatic imine (C=N–C) groups is 1. The van der Waals surface area contributed by atoms with Crippen LogP contribution in [-0.4, -0.2) is 16.3 Å². The number of rotatable bonds is 3. The van der Waals surface area contributed by atoms with Gasteiger partial charge in [0, 0.05) is 21.8 Å². The summed E-state index contributed by atoms with van der Waals surface area (Å²) in [5, 5.41) is 11.3. The van der Waals surface area contributed by atoms with Crippen molar-refractivity contribution in [3.05, 3.63) is 75.7 Å². The fraction of sp³-hybridized carbons (Fsp3) is 0. The monoisotopic (exact) mass is 442 g/mol. The van der Waals surface area contributed by atoms with Crippen molar-refractivity contribution < 1.29 is 5.11 Å². The minimum absolute atomic E-state index is 0.0183. The molecule has 0 spiro atoms. The summed E-state index contributed by atoms with van der Waals surface area (Å²) in [5.74, 6) is 0.0183. The first-order valence-electron chi connectivity index (χ1n) is 7.78. The second-order valence-electron chi connectivity index (χ2n) is 5.62. The molecule has 0 aliphatic rings. The van der Waals surface area contributed by atoms with Crippen LogP contribution in [0, 0.1) is 0 Å². The zero-order chi connectivity index (χ0) is 18.1. The van der Waals surface area contributed by atoms with Crippen molar-refractivity contribution in [3.8, 4) is 16.3 Å². The van der Waals surface area contributed by atoms with Gasteiger partial charge in [-0.05, 0) is 48.5 Å². The molecule has 0 aliphatic heterocycles. The number of hydrogen-bond acceptors (Lipinski definition) is 4. The van der Waals surface area contributed by atoms with Crippen LogP contribution in [-0.2, 0) is 0 Å². The summed E-state index contributed by atoms with van der Waals surface area (Å²) >= 11 is 11.0. The molecule has 6 heteroatoms. The van der Waals surface area contributed by atoms with Crippen LogP contribution in [0.3, 0.4) is 0 Å². The van der Waals surface area contributed by atoms with Gasteiger partial charge in [0.05, 0.1) is 20.9 Å². The molecule has 4 rings (SSSR count). The molecule has 128 valence electrons. The fourth-order valence-electron chi connectivity index (χ4n) is 2.51. The second-order valence-corrected chi connectivity index (χ2v) is 7.97. The van der Waals surface area contributed by atoms with Gasteiger partial charge in [0.2, 0.25) is 0 Å². The number of phenols is 1. The van der Waals surface area contributed by atoms with Crippen molar-refractivity contribution in [3.63, 3.8) is 0 Å². The van der Waals surface area contributed by atoms with Crippen molar-refractivity contribution in [1.29, 1.82) is 0 Å². The molecule has 26 heavy (non-hydrogen) atoms. The molecule has 0 atom stereocenters. The third-order valence-electron chi connectivity index (χ3n) is 3.82. The molecule has 1 aromatic heterocycles. The van der Waals surface area contributed by atoms with Crippen molar-refractivity contribution in [2.75, 3.05) is 0 Å². The smallest absolute Gasteiger partial charge is 0.143 e. The molecular formula is C20H12BrClN2OS. The molecule has 4 aromatic rings.